The molecular weight excluding hydrogens is 174 g/mol. The van der Waals surface area contributed by atoms with Crippen LogP contribution in [0.1, 0.15) is 10.8 Å². The summed E-state index contributed by atoms with van der Waals surface area (Å²) in [4.78, 5) is 0. The summed E-state index contributed by atoms with van der Waals surface area (Å²) in [5.41, 5.74) is 5.42. The fourth-order valence-electron chi connectivity index (χ4n) is 0.900. The number of hydrogen-bond donors (Lipinski definition) is 1. The molecule has 0 radical (unpaired) electrons. The lowest BCUT2D eigenvalue weighted by Gasteiger charge is -1.87. The van der Waals surface area contributed by atoms with Crippen LogP contribution in [0.4, 0.5) is 5.13 Å². The van der Waals surface area contributed by atoms with Crippen LogP contribution in [0.15, 0.2) is 22.8 Å². The molecule has 62 valence electrons. The Morgan fingerprint density at radius 3 is 3.00 bits per heavy atom. The molecule has 2 aromatic rings. The Hall–Kier alpha value is -1.36. The highest BCUT2D eigenvalue weighted by Gasteiger charge is 2.03. The lowest BCUT2D eigenvalue weighted by Crippen LogP contribution is -1.83. The van der Waals surface area contributed by atoms with Crippen LogP contribution in [0.3, 0.4) is 0 Å². The summed E-state index contributed by atoms with van der Waals surface area (Å²) < 4.78 is 5.14. The van der Waals surface area contributed by atoms with Gasteiger partial charge in [-0.05, 0) is 12.1 Å². The van der Waals surface area contributed by atoms with Crippen molar-refractivity contribution in [2.45, 2.75) is 6.42 Å². The van der Waals surface area contributed by atoms with Gasteiger partial charge in [-0.15, -0.1) is 10.2 Å². The lowest BCUT2D eigenvalue weighted by atomic mass is 10.3. The first-order valence-corrected chi connectivity index (χ1v) is 4.26. The molecule has 2 rings (SSSR count). The van der Waals surface area contributed by atoms with E-state index >= 15 is 0 Å². The SMILES string of the molecule is Nc1nnc(Cc2ccco2)s1. The maximum absolute atomic E-state index is 5.42. The Morgan fingerprint density at radius 1 is 1.50 bits per heavy atom. The minimum Gasteiger partial charge on any atom is -0.469 e. The first-order chi connectivity index (χ1) is 5.84. The van der Waals surface area contributed by atoms with E-state index in [1.807, 2.05) is 12.1 Å². The van der Waals surface area contributed by atoms with Crippen LogP contribution < -0.4 is 5.73 Å². The molecule has 0 aromatic carbocycles. The number of nitrogens with zero attached hydrogens (tertiary/aromatic N) is 2. The molecule has 0 aliphatic heterocycles. The molecular formula is C7H7N3OS. The largest absolute Gasteiger partial charge is 0.469 e. The van der Waals surface area contributed by atoms with Crippen molar-refractivity contribution < 1.29 is 4.42 Å². The van der Waals surface area contributed by atoms with E-state index in [1.54, 1.807) is 6.26 Å². The van der Waals surface area contributed by atoms with Gasteiger partial charge in [-0.2, -0.15) is 0 Å². The van der Waals surface area contributed by atoms with Crippen LogP contribution in [0, 0.1) is 0 Å². The van der Waals surface area contributed by atoms with Crippen molar-refractivity contribution in [1.29, 1.82) is 0 Å². The Morgan fingerprint density at radius 2 is 2.42 bits per heavy atom. The maximum atomic E-state index is 5.42. The normalized spacial score (nSPS) is 10.3. The number of rotatable bonds is 2. The fraction of sp³-hybridized carbons (Fsp3) is 0.143. The van der Waals surface area contributed by atoms with Crippen LogP contribution in [-0.4, -0.2) is 10.2 Å². The molecule has 0 spiro atoms. The van der Waals surface area contributed by atoms with Crippen LogP contribution >= 0.6 is 11.3 Å². The Balaban J connectivity index is 2.14. The lowest BCUT2D eigenvalue weighted by molar-refractivity contribution is 0.520. The molecule has 0 unspecified atom stereocenters. The number of nitrogen functional groups attached to an aromatic ring is 1. The van der Waals surface area contributed by atoms with Gasteiger partial charge >= 0.3 is 0 Å². The standard InChI is InChI=1S/C7H7N3OS/c8-7-10-9-6(12-7)4-5-2-1-3-11-5/h1-3H,4H2,(H2,8,10). The second-order valence-electron chi connectivity index (χ2n) is 2.29. The molecule has 0 saturated carbocycles. The van der Waals surface area contributed by atoms with Crippen molar-refractivity contribution in [1.82, 2.24) is 10.2 Å². The minimum atomic E-state index is 0.497. The molecule has 0 atom stereocenters. The highest BCUT2D eigenvalue weighted by atomic mass is 32.1. The van der Waals surface area contributed by atoms with E-state index in [9.17, 15) is 0 Å². The third-order valence-electron chi connectivity index (χ3n) is 1.39. The van der Waals surface area contributed by atoms with Gasteiger partial charge in [0.15, 0.2) is 0 Å². The third kappa shape index (κ3) is 1.45. The second-order valence-corrected chi connectivity index (χ2v) is 3.38. The van der Waals surface area contributed by atoms with E-state index in [-0.39, 0.29) is 0 Å². The monoisotopic (exact) mass is 181 g/mol. The average Bonchev–Trinajstić information content (AvgIpc) is 2.63. The first kappa shape index (κ1) is 7.30. The highest BCUT2D eigenvalue weighted by molar-refractivity contribution is 7.15. The number of aromatic nitrogens is 2. The first-order valence-electron chi connectivity index (χ1n) is 3.45. The van der Waals surface area contributed by atoms with E-state index in [1.165, 1.54) is 11.3 Å². The van der Waals surface area contributed by atoms with Gasteiger partial charge in [-0.1, -0.05) is 11.3 Å². The molecule has 0 amide bonds. The zero-order valence-electron chi connectivity index (χ0n) is 6.23. The van der Waals surface area contributed by atoms with Gasteiger partial charge in [0, 0.05) is 0 Å². The predicted octanol–water partition coefficient (Wildman–Crippen LogP) is 1.30. The minimum absolute atomic E-state index is 0.497. The molecule has 0 aliphatic carbocycles. The van der Waals surface area contributed by atoms with Crippen molar-refractivity contribution in [2.24, 2.45) is 0 Å². The molecule has 2 N–H and O–H groups in total. The van der Waals surface area contributed by atoms with Gasteiger partial charge in [0.25, 0.3) is 0 Å². The second kappa shape index (κ2) is 2.94. The van der Waals surface area contributed by atoms with Crippen molar-refractivity contribution in [3.8, 4) is 0 Å². The zero-order chi connectivity index (χ0) is 8.39. The van der Waals surface area contributed by atoms with Crippen LogP contribution in [0.2, 0.25) is 0 Å². The summed E-state index contributed by atoms with van der Waals surface area (Å²) >= 11 is 1.38. The van der Waals surface area contributed by atoms with Crippen molar-refractivity contribution in [3.05, 3.63) is 29.2 Å². The van der Waals surface area contributed by atoms with E-state index in [2.05, 4.69) is 10.2 Å². The van der Waals surface area contributed by atoms with Crippen molar-refractivity contribution >= 4 is 16.5 Å². The van der Waals surface area contributed by atoms with Gasteiger partial charge in [-0.3, -0.25) is 0 Å². The Labute approximate surface area is 73.0 Å². The van der Waals surface area contributed by atoms with Gasteiger partial charge in [0.1, 0.15) is 10.8 Å². The maximum Gasteiger partial charge on any atom is 0.203 e. The molecule has 5 heteroatoms. The fourth-order valence-corrected chi connectivity index (χ4v) is 1.52. The number of nitrogens with two attached hydrogens (primary N) is 1. The third-order valence-corrected chi connectivity index (χ3v) is 2.14. The van der Waals surface area contributed by atoms with Gasteiger partial charge in [-0.25, -0.2) is 0 Å². The molecule has 2 aromatic heterocycles. The zero-order valence-corrected chi connectivity index (χ0v) is 7.04. The smallest absolute Gasteiger partial charge is 0.203 e. The van der Waals surface area contributed by atoms with Gasteiger partial charge in [0.2, 0.25) is 5.13 Å². The molecule has 2 heterocycles. The molecule has 0 saturated heterocycles. The van der Waals surface area contributed by atoms with Crippen LogP contribution in [0.5, 0.6) is 0 Å². The van der Waals surface area contributed by atoms with E-state index in [0.29, 0.717) is 11.6 Å². The molecule has 0 bridgehead atoms. The summed E-state index contributed by atoms with van der Waals surface area (Å²) in [6, 6.07) is 3.75. The summed E-state index contributed by atoms with van der Waals surface area (Å²) in [6.45, 7) is 0. The average molecular weight is 181 g/mol. The van der Waals surface area contributed by atoms with Crippen molar-refractivity contribution in [2.75, 3.05) is 5.73 Å². The summed E-state index contributed by atoms with van der Waals surface area (Å²) in [5, 5.41) is 8.95. The molecule has 0 fully saturated rings. The predicted molar refractivity (Wildman–Crippen MR) is 45.8 cm³/mol. The number of furan rings is 1. The number of anilines is 1. The van der Waals surface area contributed by atoms with Crippen LogP contribution in [-0.2, 0) is 6.42 Å². The van der Waals surface area contributed by atoms with E-state index in [0.717, 1.165) is 10.8 Å². The summed E-state index contributed by atoms with van der Waals surface area (Å²) in [7, 11) is 0. The van der Waals surface area contributed by atoms with Crippen molar-refractivity contribution in [3.63, 3.8) is 0 Å². The van der Waals surface area contributed by atoms with Crippen LogP contribution in [0.25, 0.3) is 0 Å². The Bertz CT molecular complexity index is 354. The number of hydrogen-bond acceptors (Lipinski definition) is 5. The summed E-state index contributed by atoms with van der Waals surface area (Å²) in [6.07, 6.45) is 2.31. The summed E-state index contributed by atoms with van der Waals surface area (Å²) in [5.74, 6) is 0.881. The van der Waals surface area contributed by atoms with E-state index < -0.39 is 0 Å². The molecule has 12 heavy (non-hydrogen) atoms. The van der Waals surface area contributed by atoms with Gasteiger partial charge < -0.3 is 10.2 Å². The Kier molecular flexibility index (Phi) is 1.79. The quantitative estimate of drug-likeness (QED) is 0.758. The molecule has 0 aliphatic rings. The highest BCUT2D eigenvalue weighted by Crippen LogP contribution is 2.15. The van der Waals surface area contributed by atoms with Gasteiger partial charge in [0.05, 0.1) is 12.7 Å². The van der Waals surface area contributed by atoms with E-state index in [4.69, 9.17) is 10.2 Å². The molecule has 4 nitrogen and oxygen atoms in total. The topological polar surface area (TPSA) is 64.9 Å².